The van der Waals surface area contributed by atoms with Crippen LogP contribution < -0.4 is 5.32 Å². The summed E-state index contributed by atoms with van der Waals surface area (Å²) in [4.78, 5) is 31.2. The minimum Gasteiger partial charge on any atom is -0.339 e. The summed E-state index contributed by atoms with van der Waals surface area (Å²) in [5.41, 5.74) is 0.547. The monoisotopic (exact) mass is 262 g/mol. The molecule has 2 amide bonds. The van der Waals surface area contributed by atoms with Crippen LogP contribution in [-0.4, -0.2) is 66.4 Å². The minimum atomic E-state index is -0.161. The molecule has 1 aliphatic heterocycles. The molecule has 0 radical (unpaired) electrons. The summed E-state index contributed by atoms with van der Waals surface area (Å²) in [6.07, 6.45) is 3.14. The van der Waals surface area contributed by atoms with Gasteiger partial charge in [-0.25, -0.2) is 0 Å². The zero-order valence-electron chi connectivity index (χ0n) is 11.0. The van der Waals surface area contributed by atoms with E-state index in [4.69, 9.17) is 0 Å². The van der Waals surface area contributed by atoms with Gasteiger partial charge < -0.3 is 15.1 Å². The van der Waals surface area contributed by atoms with Gasteiger partial charge in [-0.05, 0) is 12.1 Å². The number of pyridine rings is 1. The number of hydrogen-bond acceptors (Lipinski definition) is 4. The average molecular weight is 262 g/mol. The summed E-state index contributed by atoms with van der Waals surface area (Å²) in [6, 6.07) is 3.29. The van der Waals surface area contributed by atoms with Crippen LogP contribution in [0.4, 0.5) is 0 Å². The Morgan fingerprint density at radius 1 is 1.32 bits per heavy atom. The first kappa shape index (κ1) is 13.5. The van der Waals surface area contributed by atoms with Crippen molar-refractivity contribution in [3.8, 4) is 0 Å². The van der Waals surface area contributed by atoms with Crippen molar-refractivity contribution in [1.29, 1.82) is 0 Å². The van der Waals surface area contributed by atoms with Gasteiger partial charge in [0.25, 0.3) is 5.91 Å². The van der Waals surface area contributed by atoms with Crippen LogP contribution in [0.15, 0.2) is 24.5 Å². The molecule has 1 saturated heterocycles. The largest absolute Gasteiger partial charge is 0.339 e. The maximum absolute atomic E-state index is 12.1. The highest BCUT2D eigenvalue weighted by molar-refractivity contribution is 5.96. The van der Waals surface area contributed by atoms with Crippen LogP contribution in [0, 0.1) is 0 Å². The summed E-state index contributed by atoms with van der Waals surface area (Å²) >= 11 is 0. The first-order valence-corrected chi connectivity index (χ1v) is 6.32. The summed E-state index contributed by atoms with van der Waals surface area (Å²) in [6.45, 7) is 3.15. The van der Waals surface area contributed by atoms with E-state index < -0.39 is 0 Å². The van der Waals surface area contributed by atoms with E-state index >= 15 is 0 Å². The molecule has 1 aliphatic rings. The lowest BCUT2D eigenvalue weighted by Gasteiger charge is -2.29. The fourth-order valence-electron chi connectivity index (χ4n) is 2.00. The Morgan fingerprint density at radius 3 is 2.58 bits per heavy atom. The molecule has 0 bridgehead atoms. The van der Waals surface area contributed by atoms with Crippen molar-refractivity contribution in [2.24, 2.45) is 0 Å². The Morgan fingerprint density at radius 2 is 1.95 bits per heavy atom. The van der Waals surface area contributed by atoms with Crippen molar-refractivity contribution < 1.29 is 9.59 Å². The van der Waals surface area contributed by atoms with Crippen LogP contribution in [0.5, 0.6) is 0 Å². The quantitative estimate of drug-likeness (QED) is 0.804. The smallest absolute Gasteiger partial charge is 0.254 e. The number of aromatic nitrogens is 1. The van der Waals surface area contributed by atoms with Gasteiger partial charge in [0.2, 0.25) is 5.91 Å². The van der Waals surface area contributed by atoms with Gasteiger partial charge in [-0.1, -0.05) is 0 Å². The minimum absolute atomic E-state index is 0.00796. The normalized spacial score (nSPS) is 15.1. The Bertz CT molecular complexity index is 443. The summed E-state index contributed by atoms with van der Waals surface area (Å²) in [7, 11) is 1.64. The van der Waals surface area contributed by atoms with Gasteiger partial charge in [-0.2, -0.15) is 0 Å². The second-order valence-electron chi connectivity index (χ2n) is 4.53. The molecule has 1 N–H and O–H groups in total. The van der Waals surface area contributed by atoms with Crippen LogP contribution in [0.3, 0.4) is 0 Å². The number of hydrogen-bond donors (Lipinski definition) is 1. The first-order chi connectivity index (χ1) is 9.18. The van der Waals surface area contributed by atoms with E-state index in [2.05, 4.69) is 10.3 Å². The zero-order valence-corrected chi connectivity index (χ0v) is 11.0. The van der Waals surface area contributed by atoms with Crippen molar-refractivity contribution >= 4 is 11.8 Å². The average Bonchev–Trinajstić information content (AvgIpc) is 2.48. The molecule has 0 atom stereocenters. The second-order valence-corrected chi connectivity index (χ2v) is 4.53. The van der Waals surface area contributed by atoms with Gasteiger partial charge in [-0.3, -0.25) is 14.6 Å². The zero-order chi connectivity index (χ0) is 13.7. The highest BCUT2D eigenvalue weighted by Gasteiger charge is 2.20. The van der Waals surface area contributed by atoms with E-state index in [0.29, 0.717) is 18.7 Å². The Hall–Kier alpha value is -1.95. The van der Waals surface area contributed by atoms with E-state index in [9.17, 15) is 9.59 Å². The SMILES string of the molecule is CN(CC(=O)N1CCNCC1)C(=O)c1ccncc1. The lowest BCUT2D eigenvalue weighted by molar-refractivity contribution is -0.132. The molecule has 19 heavy (non-hydrogen) atoms. The van der Waals surface area contributed by atoms with Crippen molar-refractivity contribution in [3.05, 3.63) is 30.1 Å². The molecule has 0 aromatic carbocycles. The highest BCUT2D eigenvalue weighted by Crippen LogP contribution is 2.03. The fraction of sp³-hybridized carbons (Fsp3) is 0.462. The van der Waals surface area contributed by atoms with Gasteiger partial charge in [0.1, 0.15) is 0 Å². The molecular weight excluding hydrogens is 244 g/mol. The lowest BCUT2D eigenvalue weighted by Crippen LogP contribution is -2.49. The second kappa shape index (κ2) is 6.29. The Labute approximate surface area is 112 Å². The van der Waals surface area contributed by atoms with E-state index in [-0.39, 0.29) is 18.4 Å². The van der Waals surface area contributed by atoms with Crippen LogP contribution >= 0.6 is 0 Å². The van der Waals surface area contributed by atoms with Gasteiger partial charge in [0.05, 0.1) is 6.54 Å². The van der Waals surface area contributed by atoms with Gasteiger partial charge in [0, 0.05) is 51.2 Å². The van der Waals surface area contributed by atoms with Crippen LogP contribution in [0.25, 0.3) is 0 Å². The summed E-state index contributed by atoms with van der Waals surface area (Å²) in [5.74, 6) is -0.169. The fourth-order valence-corrected chi connectivity index (χ4v) is 2.00. The van der Waals surface area contributed by atoms with Crippen LogP contribution in [0.2, 0.25) is 0 Å². The van der Waals surface area contributed by atoms with Gasteiger partial charge in [-0.15, -0.1) is 0 Å². The summed E-state index contributed by atoms with van der Waals surface area (Å²) < 4.78 is 0. The number of nitrogens with zero attached hydrogens (tertiary/aromatic N) is 3. The molecule has 2 heterocycles. The molecule has 1 aromatic rings. The van der Waals surface area contributed by atoms with E-state index in [1.54, 1.807) is 36.5 Å². The molecule has 0 spiro atoms. The van der Waals surface area contributed by atoms with E-state index in [0.717, 1.165) is 13.1 Å². The lowest BCUT2D eigenvalue weighted by atomic mass is 10.2. The predicted molar refractivity (Wildman–Crippen MR) is 70.6 cm³/mol. The number of nitrogens with one attached hydrogen (secondary N) is 1. The molecule has 1 fully saturated rings. The molecule has 0 saturated carbocycles. The highest BCUT2D eigenvalue weighted by atomic mass is 16.2. The number of amides is 2. The Balaban J connectivity index is 1.91. The molecule has 6 nitrogen and oxygen atoms in total. The third-order valence-electron chi connectivity index (χ3n) is 3.12. The number of piperazine rings is 1. The van der Waals surface area contributed by atoms with Crippen molar-refractivity contribution in [2.45, 2.75) is 0 Å². The molecule has 102 valence electrons. The number of likely N-dealkylation sites (N-methyl/N-ethyl adjacent to an activating group) is 1. The van der Waals surface area contributed by atoms with E-state index in [1.807, 2.05) is 0 Å². The molecule has 1 aromatic heterocycles. The van der Waals surface area contributed by atoms with E-state index in [1.165, 1.54) is 4.90 Å². The molecule has 2 rings (SSSR count). The molecule has 0 aliphatic carbocycles. The third kappa shape index (κ3) is 3.51. The number of carbonyl (C=O) groups is 2. The summed E-state index contributed by atoms with van der Waals surface area (Å²) in [5, 5.41) is 3.19. The number of rotatable bonds is 3. The molecular formula is C13H18N4O2. The van der Waals surface area contributed by atoms with Crippen LogP contribution in [-0.2, 0) is 4.79 Å². The van der Waals surface area contributed by atoms with Crippen LogP contribution in [0.1, 0.15) is 10.4 Å². The number of carbonyl (C=O) groups excluding carboxylic acids is 2. The maximum Gasteiger partial charge on any atom is 0.254 e. The predicted octanol–water partition coefficient (Wildman–Crippen LogP) is -0.415. The molecule has 0 unspecified atom stereocenters. The van der Waals surface area contributed by atoms with Crippen molar-refractivity contribution in [3.63, 3.8) is 0 Å². The maximum atomic E-state index is 12.1. The Kier molecular flexibility index (Phi) is 4.46. The van der Waals surface area contributed by atoms with Crippen molar-refractivity contribution in [1.82, 2.24) is 20.1 Å². The topological polar surface area (TPSA) is 65.5 Å². The first-order valence-electron chi connectivity index (χ1n) is 6.32. The van der Waals surface area contributed by atoms with Gasteiger partial charge >= 0.3 is 0 Å². The molecule has 6 heteroatoms. The standard InChI is InChI=1S/C13H18N4O2/c1-16(13(19)11-2-4-14-5-3-11)10-12(18)17-8-6-15-7-9-17/h2-5,15H,6-10H2,1H3. The van der Waals surface area contributed by atoms with Crippen molar-refractivity contribution in [2.75, 3.05) is 39.8 Å². The van der Waals surface area contributed by atoms with Gasteiger partial charge in [0.15, 0.2) is 0 Å². The third-order valence-corrected chi connectivity index (χ3v) is 3.12.